The van der Waals surface area contributed by atoms with E-state index < -0.39 is 0 Å². The molecule has 0 amide bonds. The van der Waals surface area contributed by atoms with Crippen molar-refractivity contribution in [2.24, 2.45) is 0 Å². The van der Waals surface area contributed by atoms with Crippen molar-refractivity contribution in [2.75, 3.05) is 5.75 Å². The predicted octanol–water partition coefficient (Wildman–Crippen LogP) is 2.66. The van der Waals surface area contributed by atoms with E-state index in [9.17, 15) is 0 Å². The lowest BCUT2D eigenvalue weighted by Crippen LogP contribution is -1.61. The van der Waals surface area contributed by atoms with Crippen LogP contribution in [0.5, 0.6) is 0 Å². The van der Waals surface area contributed by atoms with E-state index in [0.717, 1.165) is 5.75 Å². The van der Waals surface area contributed by atoms with Crippen LogP contribution in [-0.4, -0.2) is 5.75 Å². The summed E-state index contributed by atoms with van der Waals surface area (Å²) in [6, 6.07) is 2.03. The van der Waals surface area contributed by atoms with Gasteiger partial charge in [0.15, 0.2) is 0 Å². The van der Waals surface area contributed by atoms with Gasteiger partial charge < -0.3 is 0 Å². The Hall–Kier alpha value is 0.0500. The zero-order valence-electron chi connectivity index (χ0n) is 4.68. The van der Waals surface area contributed by atoms with Crippen molar-refractivity contribution in [3.8, 4) is 0 Å². The van der Waals surface area contributed by atoms with Crippen molar-refractivity contribution in [1.82, 2.24) is 0 Å². The summed E-state index contributed by atoms with van der Waals surface area (Å²) in [5, 5.41) is 5.15. The average Bonchev–Trinajstić information content (AvgIpc) is 2.19. The van der Waals surface area contributed by atoms with Crippen LogP contribution in [0.4, 0.5) is 0 Å². The zero-order valence-corrected chi connectivity index (χ0v) is 6.31. The number of hydrogen-bond acceptors (Lipinski definition) is 2. The molecule has 8 heavy (non-hydrogen) atoms. The van der Waals surface area contributed by atoms with Crippen molar-refractivity contribution in [1.29, 1.82) is 0 Å². The second-order valence-electron chi connectivity index (χ2n) is 1.33. The average molecular weight is 143 g/mol. The van der Waals surface area contributed by atoms with Gasteiger partial charge in [0.1, 0.15) is 0 Å². The van der Waals surface area contributed by atoms with Crippen LogP contribution in [0.15, 0.2) is 16.3 Å². The van der Waals surface area contributed by atoms with E-state index >= 15 is 0 Å². The van der Waals surface area contributed by atoms with Crippen LogP contribution in [0.1, 0.15) is 6.92 Å². The molecule has 0 nitrogen and oxygen atoms in total. The molecule has 1 rings (SSSR count). The summed E-state index contributed by atoms with van der Waals surface area (Å²) in [4.78, 5) is 1.34. The first-order chi connectivity index (χ1) is 3.93. The maximum Gasteiger partial charge on any atom is 0.0454 e. The van der Waals surface area contributed by atoms with Crippen LogP contribution in [0.2, 0.25) is 0 Å². The topological polar surface area (TPSA) is 0 Å². The summed E-state index contributed by atoms with van der Waals surface area (Å²) in [7, 11) is 0. The SMILES string of the molecule is CCSc1c[c]sc1. The highest BCUT2D eigenvalue weighted by Gasteiger charge is 1.87. The highest BCUT2D eigenvalue weighted by molar-refractivity contribution is 7.99. The summed E-state index contributed by atoms with van der Waals surface area (Å²) in [5.41, 5.74) is 0. The first-order valence-electron chi connectivity index (χ1n) is 2.51. The first kappa shape index (κ1) is 6.17. The zero-order chi connectivity index (χ0) is 5.82. The van der Waals surface area contributed by atoms with E-state index in [1.807, 2.05) is 17.8 Å². The maximum atomic E-state index is 3.04. The minimum atomic E-state index is 1.16. The normalized spacial score (nSPS) is 9.62. The standard InChI is InChI=1S/C6H7S2/c1-2-8-6-3-4-7-5-6/h3,5H,2H2,1H3. The minimum absolute atomic E-state index is 1.16. The Kier molecular flexibility index (Phi) is 2.43. The molecule has 0 saturated heterocycles. The smallest absolute Gasteiger partial charge is 0.0454 e. The third kappa shape index (κ3) is 1.53. The van der Waals surface area contributed by atoms with Crippen LogP contribution in [0.25, 0.3) is 0 Å². The summed E-state index contributed by atoms with van der Waals surface area (Å²) in [6.45, 7) is 2.16. The molecule has 0 spiro atoms. The van der Waals surface area contributed by atoms with Crippen molar-refractivity contribution in [2.45, 2.75) is 11.8 Å². The molecule has 0 fully saturated rings. The molecule has 1 aromatic rings. The molecule has 1 aromatic heterocycles. The molecule has 0 aliphatic rings. The summed E-state index contributed by atoms with van der Waals surface area (Å²) in [6.07, 6.45) is 0. The van der Waals surface area contributed by atoms with Crippen LogP contribution < -0.4 is 0 Å². The Morgan fingerprint density at radius 2 is 2.75 bits per heavy atom. The molecule has 0 N–H and O–H groups in total. The highest BCUT2D eigenvalue weighted by Crippen LogP contribution is 2.18. The molecule has 0 unspecified atom stereocenters. The van der Waals surface area contributed by atoms with Crippen LogP contribution in [0, 0.1) is 5.38 Å². The van der Waals surface area contributed by atoms with E-state index in [1.54, 1.807) is 11.3 Å². The van der Waals surface area contributed by atoms with Gasteiger partial charge >= 0.3 is 0 Å². The molecular formula is C6H7S2. The molecule has 0 bridgehead atoms. The Labute approximate surface area is 57.9 Å². The number of rotatable bonds is 2. The van der Waals surface area contributed by atoms with Crippen molar-refractivity contribution in [3.05, 3.63) is 16.8 Å². The van der Waals surface area contributed by atoms with Gasteiger partial charge in [0.05, 0.1) is 0 Å². The molecule has 43 valence electrons. The molecule has 0 atom stereocenters. The van der Waals surface area contributed by atoms with Gasteiger partial charge in [0.2, 0.25) is 0 Å². The lowest BCUT2D eigenvalue weighted by molar-refractivity contribution is 1.48. The largest absolute Gasteiger partial charge is 0.142 e. The molecule has 0 aliphatic heterocycles. The fraction of sp³-hybridized carbons (Fsp3) is 0.333. The van der Waals surface area contributed by atoms with Crippen molar-refractivity contribution in [3.63, 3.8) is 0 Å². The third-order valence-corrected chi connectivity index (χ3v) is 2.39. The quantitative estimate of drug-likeness (QED) is 0.573. The molecular weight excluding hydrogens is 136 g/mol. The van der Waals surface area contributed by atoms with E-state index in [2.05, 4.69) is 17.7 Å². The van der Waals surface area contributed by atoms with Gasteiger partial charge in [-0.3, -0.25) is 0 Å². The fourth-order valence-electron chi connectivity index (χ4n) is 0.461. The lowest BCUT2D eigenvalue weighted by Gasteiger charge is -1.86. The second kappa shape index (κ2) is 3.15. The highest BCUT2D eigenvalue weighted by atomic mass is 32.2. The molecule has 1 heterocycles. The molecule has 0 saturated carbocycles. The Morgan fingerprint density at radius 3 is 3.25 bits per heavy atom. The maximum absolute atomic E-state index is 3.04. The van der Waals surface area contributed by atoms with Gasteiger partial charge in [-0.2, -0.15) is 0 Å². The van der Waals surface area contributed by atoms with Gasteiger partial charge in [-0.15, -0.1) is 23.1 Å². The number of thiophene rings is 1. The van der Waals surface area contributed by atoms with Crippen LogP contribution >= 0.6 is 23.1 Å². The molecule has 0 aromatic carbocycles. The van der Waals surface area contributed by atoms with Gasteiger partial charge in [0.25, 0.3) is 0 Å². The van der Waals surface area contributed by atoms with Gasteiger partial charge in [-0.05, 0) is 11.8 Å². The third-order valence-electron chi connectivity index (χ3n) is 0.755. The Morgan fingerprint density at radius 1 is 1.88 bits per heavy atom. The first-order valence-corrected chi connectivity index (χ1v) is 4.37. The van der Waals surface area contributed by atoms with Gasteiger partial charge in [-0.1, -0.05) is 6.92 Å². The van der Waals surface area contributed by atoms with E-state index in [0.29, 0.717) is 0 Å². The second-order valence-corrected chi connectivity index (χ2v) is 3.38. The Bertz CT molecular complexity index is 132. The van der Waals surface area contributed by atoms with Crippen LogP contribution in [0.3, 0.4) is 0 Å². The van der Waals surface area contributed by atoms with E-state index in [-0.39, 0.29) is 0 Å². The Balaban J connectivity index is 2.50. The summed E-state index contributed by atoms with van der Waals surface area (Å²) >= 11 is 3.49. The van der Waals surface area contributed by atoms with Crippen LogP contribution in [-0.2, 0) is 0 Å². The molecule has 1 radical (unpaired) electrons. The summed E-state index contributed by atoms with van der Waals surface area (Å²) < 4.78 is 0. The summed E-state index contributed by atoms with van der Waals surface area (Å²) in [5.74, 6) is 1.16. The fourth-order valence-corrected chi connectivity index (χ4v) is 1.87. The van der Waals surface area contributed by atoms with Gasteiger partial charge in [-0.25, -0.2) is 0 Å². The lowest BCUT2D eigenvalue weighted by atomic mass is 10.7. The molecule has 2 heteroatoms. The predicted molar refractivity (Wildman–Crippen MR) is 39.6 cm³/mol. The van der Waals surface area contributed by atoms with E-state index in [1.165, 1.54) is 4.90 Å². The number of thioether (sulfide) groups is 1. The van der Waals surface area contributed by atoms with E-state index in [4.69, 9.17) is 0 Å². The van der Waals surface area contributed by atoms with Gasteiger partial charge in [0, 0.05) is 15.7 Å². The van der Waals surface area contributed by atoms with Crippen molar-refractivity contribution >= 4 is 23.1 Å². The monoisotopic (exact) mass is 143 g/mol. The minimum Gasteiger partial charge on any atom is -0.142 e. The van der Waals surface area contributed by atoms with Crippen molar-refractivity contribution < 1.29 is 0 Å². The number of hydrogen-bond donors (Lipinski definition) is 0. The molecule has 0 aliphatic carbocycles.